The van der Waals surface area contributed by atoms with Crippen molar-refractivity contribution in [3.05, 3.63) is 51.9 Å². The summed E-state index contributed by atoms with van der Waals surface area (Å²) in [6.07, 6.45) is 1.66. The third-order valence-corrected chi connectivity index (χ3v) is 3.38. The number of halogens is 2. The molecule has 1 N–H and O–H groups in total. The zero-order chi connectivity index (χ0) is 10.7. The molecule has 0 fully saturated rings. The van der Waals surface area contributed by atoms with Crippen LogP contribution in [0.15, 0.2) is 45.5 Å². The maximum atomic E-state index is 5.96. The lowest BCUT2D eigenvalue weighted by atomic mass is 10.3. The van der Waals surface area contributed by atoms with E-state index in [1.165, 1.54) is 0 Å². The number of nitrogens with one attached hydrogen (secondary N) is 1. The Morgan fingerprint density at radius 1 is 1.27 bits per heavy atom. The molecule has 0 aliphatic heterocycles. The SMILES string of the molecule is Clc1cccc(NCc2ccco2)c1Br. The Morgan fingerprint density at radius 2 is 2.13 bits per heavy atom. The van der Waals surface area contributed by atoms with E-state index in [0.717, 1.165) is 15.9 Å². The van der Waals surface area contributed by atoms with E-state index in [0.29, 0.717) is 11.6 Å². The zero-order valence-electron chi connectivity index (χ0n) is 7.84. The van der Waals surface area contributed by atoms with Gasteiger partial charge in [0.25, 0.3) is 0 Å². The molecule has 0 spiro atoms. The molecule has 1 aromatic carbocycles. The molecule has 1 heterocycles. The van der Waals surface area contributed by atoms with Gasteiger partial charge < -0.3 is 9.73 Å². The number of anilines is 1. The van der Waals surface area contributed by atoms with Crippen LogP contribution in [0.2, 0.25) is 5.02 Å². The highest BCUT2D eigenvalue weighted by atomic mass is 79.9. The molecule has 2 nitrogen and oxygen atoms in total. The third-order valence-electron chi connectivity index (χ3n) is 1.98. The second-order valence-corrected chi connectivity index (χ2v) is 4.23. The normalized spacial score (nSPS) is 10.3. The molecular weight excluding hydrogens is 277 g/mol. The van der Waals surface area contributed by atoms with Crippen molar-refractivity contribution in [2.75, 3.05) is 5.32 Å². The highest BCUT2D eigenvalue weighted by molar-refractivity contribution is 9.10. The highest BCUT2D eigenvalue weighted by Gasteiger charge is 2.03. The summed E-state index contributed by atoms with van der Waals surface area (Å²) in [6, 6.07) is 9.48. The van der Waals surface area contributed by atoms with Gasteiger partial charge in [0.15, 0.2) is 0 Å². The first-order valence-electron chi connectivity index (χ1n) is 4.47. The van der Waals surface area contributed by atoms with Crippen LogP contribution < -0.4 is 5.32 Å². The molecule has 0 atom stereocenters. The van der Waals surface area contributed by atoms with Crippen molar-refractivity contribution in [3.63, 3.8) is 0 Å². The molecule has 0 radical (unpaired) electrons. The fraction of sp³-hybridized carbons (Fsp3) is 0.0909. The predicted molar refractivity (Wildman–Crippen MR) is 65.2 cm³/mol. The lowest BCUT2D eigenvalue weighted by Gasteiger charge is -2.07. The van der Waals surface area contributed by atoms with E-state index in [4.69, 9.17) is 16.0 Å². The number of benzene rings is 1. The van der Waals surface area contributed by atoms with Gasteiger partial charge >= 0.3 is 0 Å². The molecule has 0 bridgehead atoms. The lowest BCUT2D eigenvalue weighted by molar-refractivity contribution is 0.518. The molecule has 0 aliphatic rings. The molecule has 0 aliphatic carbocycles. The molecule has 1 aromatic heterocycles. The van der Waals surface area contributed by atoms with Gasteiger partial charge in [0.1, 0.15) is 5.76 Å². The van der Waals surface area contributed by atoms with E-state index in [2.05, 4.69) is 21.2 Å². The molecule has 2 rings (SSSR count). The average molecular weight is 287 g/mol. The summed E-state index contributed by atoms with van der Waals surface area (Å²) in [5.41, 5.74) is 0.957. The van der Waals surface area contributed by atoms with Gasteiger partial charge in [-0.25, -0.2) is 0 Å². The van der Waals surface area contributed by atoms with Gasteiger partial charge in [-0.15, -0.1) is 0 Å². The smallest absolute Gasteiger partial charge is 0.122 e. The summed E-state index contributed by atoms with van der Waals surface area (Å²) < 4.78 is 6.09. The topological polar surface area (TPSA) is 25.2 Å². The van der Waals surface area contributed by atoms with Crippen LogP contribution in [0.1, 0.15) is 5.76 Å². The van der Waals surface area contributed by atoms with Crippen molar-refractivity contribution >= 4 is 33.2 Å². The fourth-order valence-electron chi connectivity index (χ4n) is 1.24. The Balaban J connectivity index is 2.08. The van der Waals surface area contributed by atoms with Gasteiger partial charge in [-0.1, -0.05) is 17.7 Å². The van der Waals surface area contributed by atoms with Crippen molar-refractivity contribution in [2.45, 2.75) is 6.54 Å². The van der Waals surface area contributed by atoms with Crippen LogP contribution in [0.3, 0.4) is 0 Å². The summed E-state index contributed by atoms with van der Waals surface area (Å²) >= 11 is 9.38. The summed E-state index contributed by atoms with van der Waals surface area (Å²) in [7, 11) is 0. The fourth-order valence-corrected chi connectivity index (χ4v) is 1.81. The monoisotopic (exact) mass is 285 g/mol. The van der Waals surface area contributed by atoms with E-state index in [1.54, 1.807) is 6.26 Å². The second kappa shape index (κ2) is 4.73. The van der Waals surface area contributed by atoms with Crippen molar-refractivity contribution in [3.8, 4) is 0 Å². The Hall–Kier alpha value is -0.930. The molecule has 0 saturated carbocycles. The van der Waals surface area contributed by atoms with Crippen molar-refractivity contribution < 1.29 is 4.42 Å². The van der Waals surface area contributed by atoms with Crippen LogP contribution >= 0.6 is 27.5 Å². The number of hydrogen-bond donors (Lipinski definition) is 1. The molecule has 4 heteroatoms. The Labute approximate surface area is 101 Å². The Morgan fingerprint density at radius 3 is 2.87 bits per heavy atom. The molecule has 0 unspecified atom stereocenters. The van der Waals surface area contributed by atoms with Crippen molar-refractivity contribution in [1.82, 2.24) is 0 Å². The van der Waals surface area contributed by atoms with Gasteiger partial charge in [0, 0.05) is 0 Å². The quantitative estimate of drug-likeness (QED) is 0.909. The number of hydrogen-bond acceptors (Lipinski definition) is 2. The average Bonchev–Trinajstić information content (AvgIpc) is 2.73. The maximum absolute atomic E-state index is 5.96. The second-order valence-electron chi connectivity index (χ2n) is 3.03. The zero-order valence-corrected chi connectivity index (χ0v) is 10.2. The summed E-state index contributed by atoms with van der Waals surface area (Å²) in [5, 5.41) is 3.93. The maximum Gasteiger partial charge on any atom is 0.122 e. The lowest BCUT2D eigenvalue weighted by Crippen LogP contribution is -1.98. The standard InChI is InChI=1S/C11H9BrClNO/c12-11-9(13)4-1-5-10(11)14-7-8-3-2-6-15-8/h1-6,14H,7H2. The number of furan rings is 1. The minimum Gasteiger partial charge on any atom is -0.467 e. The third kappa shape index (κ3) is 2.55. The minimum atomic E-state index is 0.645. The molecule has 2 aromatic rings. The van der Waals surface area contributed by atoms with Crippen LogP contribution in [0, 0.1) is 0 Å². The van der Waals surface area contributed by atoms with Crippen LogP contribution in [0.4, 0.5) is 5.69 Å². The van der Waals surface area contributed by atoms with Crippen LogP contribution in [0.25, 0.3) is 0 Å². The van der Waals surface area contributed by atoms with Crippen LogP contribution in [0.5, 0.6) is 0 Å². The molecule has 0 amide bonds. The minimum absolute atomic E-state index is 0.645. The summed E-state index contributed by atoms with van der Waals surface area (Å²) in [4.78, 5) is 0. The van der Waals surface area contributed by atoms with E-state index < -0.39 is 0 Å². The van der Waals surface area contributed by atoms with E-state index in [-0.39, 0.29) is 0 Å². The Bertz CT molecular complexity index is 442. The first kappa shape index (κ1) is 10.6. The molecule has 0 saturated heterocycles. The van der Waals surface area contributed by atoms with Crippen LogP contribution in [-0.2, 0) is 6.54 Å². The van der Waals surface area contributed by atoms with E-state index in [1.807, 2.05) is 30.3 Å². The van der Waals surface area contributed by atoms with Crippen molar-refractivity contribution in [2.24, 2.45) is 0 Å². The van der Waals surface area contributed by atoms with Gasteiger partial charge in [-0.3, -0.25) is 0 Å². The first-order chi connectivity index (χ1) is 7.27. The molecular formula is C11H9BrClNO. The van der Waals surface area contributed by atoms with Gasteiger partial charge in [-0.05, 0) is 40.2 Å². The first-order valence-corrected chi connectivity index (χ1v) is 5.65. The molecule has 15 heavy (non-hydrogen) atoms. The predicted octanol–water partition coefficient (Wildman–Crippen LogP) is 4.31. The van der Waals surface area contributed by atoms with Gasteiger partial charge in [0.05, 0.1) is 28.0 Å². The van der Waals surface area contributed by atoms with Crippen LogP contribution in [-0.4, -0.2) is 0 Å². The van der Waals surface area contributed by atoms with E-state index >= 15 is 0 Å². The van der Waals surface area contributed by atoms with Gasteiger partial charge in [0.2, 0.25) is 0 Å². The highest BCUT2D eigenvalue weighted by Crippen LogP contribution is 2.30. The summed E-state index contributed by atoms with van der Waals surface area (Å²) in [5.74, 6) is 0.891. The van der Waals surface area contributed by atoms with Crippen molar-refractivity contribution in [1.29, 1.82) is 0 Å². The largest absolute Gasteiger partial charge is 0.467 e. The van der Waals surface area contributed by atoms with E-state index in [9.17, 15) is 0 Å². The Kier molecular flexibility index (Phi) is 3.34. The summed E-state index contributed by atoms with van der Waals surface area (Å²) in [6.45, 7) is 0.645. The van der Waals surface area contributed by atoms with Gasteiger partial charge in [-0.2, -0.15) is 0 Å². The number of rotatable bonds is 3. The molecule has 78 valence electrons.